The highest BCUT2D eigenvalue weighted by Gasteiger charge is 2.11. The van der Waals surface area contributed by atoms with Crippen LogP contribution >= 0.6 is 0 Å². The summed E-state index contributed by atoms with van der Waals surface area (Å²) >= 11 is 0. The molecule has 3 nitrogen and oxygen atoms in total. The van der Waals surface area contributed by atoms with Gasteiger partial charge in [0, 0.05) is 32.4 Å². The van der Waals surface area contributed by atoms with Crippen molar-refractivity contribution in [2.45, 2.75) is 19.4 Å². The second-order valence-corrected chi connectivity index (χ2v) is 4.47. The van der Waals surface area contributed by atoms with Crippen molar-refractivity contribution in [1.82, 2.24) is 5.32 Å². The molecule has 0 aliphatic heterocycles. The molecular formula is C14H23FN2O. The molecule has 0 fully saturated rings. The van der Waals surface area contributed by atoms with Crippen LogP contribution in [0.3, 0.4) is 0 Å². The first kappa shape index (κ1) is 14.9. The van der Waals surface area contributed by atoms with Crippen molar-refractivity contribution in [2.75, 3.05) is 38.8 Å². The summed E-state index contributed by atoms with van der Waals surface area (Å²) < 4.78 is 18.3. The van der Waals surface area contributed by atoms with E-state index >= 15 is 0 Å². The lowest BCUT2D eigenvalue weighted by molar-refractivity contribution is 0.168. The van der Waals surface area contributed by atoms with Gasteiger partial charge in [-0.2, -0.15) is 0 Å². The number of halogens is 1. The number of nitrogens with one attached hydrogen (secondary N) is 1. The molecule has 0 amide bonds. The van der Waals surface area contributed by atoms with Crippen LogP contribution in [0.2, 0.25) is 0 Å². The molecule has 0 aliphatic rings. The third kappa shape index (κ3) is 5.02. The van der Waals surface area contributed by atoms with Gasteiger partial charge in [0.25, 0.3) is 0 Å². The number of likely N-dealkylation sites (N-methyl/N-ethyl adjacent to an activating group) is 1. The quantitative estimate of drug-likeness (QED) is 0.770. The fourth-order valence-electron chi connectivity index (χ4n) is 1.88. The molecule has 0 bridgehead atoms. The predicted molar refractivity (Wildman–Crippen MR) is 73.6 cm³/mol. The lowest BCUT2D eigenvalue weighted by Gasteiger charge is -2.26. The van der Waals surface area contributed by atoms with Gasteiger partial charge in [-0.25, -0.2) is 4.39 Å². The highest BCUT2D eigenvalue weighted by molar-refractivity contribution is 5.45. The fourth-order valence-corrected chi connectivity index (χ4v) is 1.88. The number of rotatable bonds is 8. The van der Waals surface area contributed by atoms with Crippen LogP contribution < -0.4 is 10.2 Å². The van der Waals surface area contributed by atoms with Gasteiger partial charge in [-0.3, -0.25) is 0 Å². The minimum absolute atomic E-state index is 0.204. The van der Waals surface area contributed by atoms with E-state index in [1.165, 1.54) is 6.07 Å². The van der Waals surface area contributed by atoms with Crippen molar-refractivity contribution >= 4 is 5.69 Å². The van der Waals surface area contributed by atoms with Crippen LogP contribution in [-0.4, -0.2) is 39.9 Å². The topological polar surface area (TPSA) is 24.5 Å². The Morgan fingerprint density at radius 3 is 2.83 bits per heavy atom. The maximum absolute atomic E-state index is 13.1. The van der Waals surface area contributed by atoms with Crippen molar-refractivity contribution in [3.63, 3.8) is 0 Å². The monoisotopic (exact) mass is 254 g/mol. The zero-order valence-corrected chi connectivity index (χ0v) is 11.4. The molecule has 1 rings (SSSR count). The van der Waals surface area contributed by atoms with Gasteiger partial charge in [0.05, 0.1) is 6.61 Å². The van der Waals surface area contributed by atoms with Crippen LogP contribution in [0.25, 0.3) is 0 Å². The summed E-state index contributed by atoms with van der Waals surface area (Å²) in [6.45, 7) is 4.54. The van der Waals surface area contributed by atoms with E-state index in [1.54, 1.807) is 19.2 Å². The third-order valence-corrected chi connectivity index (χ3v) is 2.79. The number of hydrogen-bond donors (Lipinski definition) is 1. The Kier molecular flexibility index (Phi) is 6.68. The van der Waals surface area contributed by atoms with Crippen molar-refractivity contribution < 1.29 is 9.13 Å². The maximum Gasteiger partial charge on any atom is 0.125 e. The summed E-state index contributed by atoms with van der Waals surface area (Å²) in [4.78, 5) is 2.04. The molecule has 0 heterocycles. The average Bonchev–Trinajstić information content (AvgIpc) is 2.36. The summed E-state index contributed by atoms with van der Waals surface area (Å²) in [5.41, 5.74) is 0.884. The zero-order chi connectivity index (χ0) is 13.4. The molecule has 1 N–H and O–H groups in total. The molecule has 1 aromatic rings. The summed E-state index contributed by atoms with van der Waals surface area (Å²) in [5.74, 6) is -0.204. The minimum atomic E-state index is -0.204. The molecule has 1 atom stereocenters. The molecular weight excluding hydrogens is 231 g/mol. The van der Waals surface area contributed by atoms with Gasteiger partial charge in [0.2, 0.25) is 0 Å². The van der Waals surface area contributed by atoms with E-state index in [-0.39, 0.29) is 11.9 Å². The Balaban J connectivity index is 2.56. The molecule has 0 radical (unpaired) electrons. The smallest absolute Gasteiger partial charge is 0.125 e. The van der Waals surface area contributed by atoms with E-state index in [0.717, 1.165) is 25.2 Å². The van der Waals surface area contributed by atoms with Gasteiger partial charge in [-0.15, -0.1) is 0 Å². The van der Waals surface area contributed by atoms with Crippen molar-refractivity contribution in [3.8, 4) is 0 Å². The first-order chi connectivity index (χ1) is 8.67. The third-order valence-electron chi connectivity index (χ3n) is 2.79. The van der Waals surface area contributed by atoms with Crippen molar-refractivity contribution in [2.24, 2.45) is 0 Å². The van der Waals surface area contributed by atoms with Gasteiger partial charge in [0.15, 0.2) is 0 Å². The summed E-state index contributed by atoms with van der Waals surface area (Å²) in [6.07, 6.45) is 1.09. The Bertz CT molecular complexity index is 346. The molecule has 0 aliphatic carbocycles. The SMILES string of the molecule is CCCNC(COC)CN(C)c1cccc(F)c1. The van der Waals surface area contributed by atoms with Gasteiger partial charge < -0.3 is 15.0 Å². The summed E-state index contributed by atoms with van der Waals surface area (Å²) in [6, 6.07) is 6.89. The standard InChI is InChI=1S/C14H23FN2O/c1-4-8-16-13(11-18-3)10-17(2)14-7-5-6-12(15)9-14/h5-7,9,13,16H,4,8,10-11H2,1-3H3. The molecule has 18 heavy (non-hydrogen) atoms. The van der Waals surface area contributed by atoms with Crippen molar-refractivity contribution in [1.29, 1.82) is 0 Å². The van der Waals surface area contributed by atoms with E-state index < -0.39 is 0 Å². The molecule has 1 aromatic carbocycles. The molecule has 4 heteroatoms. The first-order valence-corrected chi connectivity index (χ1v) is 6.36. The molecule has 102 valence electrons. The highest BCUT2D eigenvalue weighted by Crippen LogP contribution is 2.14. The lowest BCUT2D eigenvalue weighted by Crippen LogP contribution is -2.43. The number of hydrogen-bond acceptors (Lipinski definition) is 3. The van der Waals surface area contributed by atoms with E-state index in [2.05, 4.69) is 12.2 Å². The Morgan fingerprint density at radius 2 is 2.22 bits per heavy atom. The summed E-state index contributed by atoms with van der Waals surface area (Å²) in [7, 11) is 3.66. The Labute approximate surface area is 109 Å². The molecule has 0 aromatic heterocycles. The number of ether oxygens (including phenoxy) is 1. The van der Waals surface area contributed by atoms with Gasteiger partial charge in [-0.1, -0.05) is 13.0 Å². The second-order valence-electron chi connectivity index (χ2n) is 4.47. The second kappa shape index (κ2) is 8.06. The van der Waals surface area contributed by atoms with E-state index in [4.69, 9.17) is 4.74 Å². The Hall–Kier alpha value is -1.13. The van der Waals surface area contributed by atoms with E-state index in [1.807, 2.05) is 18.0 Å². The van der Waals surface area contributed by atoms with Crippen LogP contribution in [0.1, 0.15) is 13.3 Å². The normalized spacial score (nSPS) is 12.4. The molecule has 0 saturated carbocycles. The molecule has 1 unspecified atom stereocenters. The minimum Gasteiger partial charge on any atom is -0.383 e. The largest absolute Gasteiger partial charge is 0.383 e. The summed E-state index contributed by atoms with van der Waals surface area (Å²) in [5, 5.41) is 3.43. The number of nitrogens with zero attached hydrogens (tertiary/aromatic N) is 1. The maximum atomic E-state index is 13.1. The van der Waals surface area contributed by atoms with Crippen LogP contribution in [0.5, 0.6) is 0 Å². The average molecular weight is 254 g/mol. The highest BCUT2D eigenvalue weighted by atomic mass is 19.1. The van der Waals surface area contributed by atoms with Crippen molar-refractivity contribution in [3.05, 3.63) is 30.1 Å². The van der Waals surface area contributed by atoms with Crippen LogP contribution in [0.4, 0.5) is 10.1 Å². The number of benzene rings is 1. The molecule has 0 spiro atoms. The molecule has 0 saturated heterocycles. The van der Waals surface area contributed by atoms with E-state index in [9.17, 15) is 4.39 Å². The van der Waals surface area contributed by atoms with Crippen LogP contribution in [-0.2, 0) is 4.74 Å². The van der Waals surface area contributed by atoms with E-state index in [0.29, 0.717) is 6.61 Å². The van der Waals surface area contributed by atoms with Gasteiger partial charge in [0.1, 0.15) is 5.82 Å². The fraction of sp³-hybridized carbons (Fsp3) is 0.571. The predicted octanol–water partition coefficient (Wildman–Crippen LogP) is 2.28. The number of anilines is 1. The number of methoxy groups -OCH3 is 1. The lowest BCUT2D eigenvalue weighted by atomic mass is 10.2. The zero-order valence-electron chi connectivity index (χ0n) is 11.4. The van der Waals surface area contributed by atoms with Gasteiger partial charge >= 0.3 is 0 Å². The van der Waals surface area contributed by atoms with Crippen LogP contribution in [0.15, 0.2) is 24.3 Å². The van der Waals surface area contributed by atoms with Gasteiger partial charge in [-0.05, 0) is 31.2 Å². The Morgan fingerprint density at radius 1 is 1.44 bits per heavy atom. The van der Waals surface area contributed by atoms with Crippen LogP contribution in [0, 0.1) is 5.82 Å². The first-order valence-electron chi connectivity index (χ1n) is 6.36.